The van der Waals surface area contributed by atoms with Crippen LogP contribution in [-0.2, 0) is 11.0 Å². The lowest BCUT2D eigenvalue weighted by Crippen LogP contribution is -2.27. The summed E-state index contributed by atoms with van der Waals surface area (Å²) in [5, 5.41) is 7.07. The summed E-state index contributed by atoms with van der Waals surface area (Å²) in [6, 6.07) is 11.0. The molecule has 0 spiro atoms. The van der Waals surface area contributed by atoms with Crippen LogP contribution in [0.3, 0.4) is 0 Å². The molecule has 2 aromatic heterocycles. The Morgan fingerprint density at radius 2 is 1.87 bits per heavy atom. The Balaban J connectivity index is 1.57. The van der Waals surface area contributed by atoms with Crippen molar-refractivity contribution in [1.82, 2.24) is 19.7 Å². The second-order valence-corrected chi connectivity index (χ2v) is 8.66. The number of carbonyl (C=O) groups excluding carboxylic acids is 2. The minimum Gasteiger partial charge on any atom is -0.483 e. The van der Waals surface area contributed by atoms with Crippen molar-refractivity contribution in [2.75, 3.05) is 26.0 Å². The number of anilines is 1. The number of ether oxygens (including phenoxy) is 1. The van der Waals surface area contributed by atoms with E-state index in [0.29, 0.717) is 28.3 Å². The summed E-state index contributed by atoms with van der Waals surface area (Å²) in [5.41, 5.74) is 2.19. The highest BCUT2D eigenvalue weighted by molar-refractivity contribution is 6.04. The number of hydrogen-bond donors (Lipinski definition) is 1. The van der Waals surface area contributed by atoms with Crippen LogP contribution in [0.2, 0.25) is 0 Å². The van der Waals surface area contributed by atoms with E-state index in [1.54, 1.807) is 67.8 Å². The minimum atomic E-state index is -4.55. The Morgan fingerprint density at radius 3 is 2.61 bits per heavy atom. The highest BCUT2D eigenvalue weighted by atomic mass is 19.4. The predicted octanol–water partition coefficient (Wildman–Crippen LogP) is 4.98. The number of aryl methyl sites for hydroxylation is 1. The van der Waals surface area contributed by atoms with Gasteiger partial charge in [-0.05, 0) is 48.9 Å². The Hall–Kier alpha value is -4.67. The fourth-order valence-corrected chi connectivity index (χ4v) is 3.56. The molecule has 0 saturated carbocycles. The van der Waals surface area contributed by atoms with Gasteiger partial charge in [-0.1, -0.05) is 12.1 Å². The molecule has 0 atom stereocenters. The van der Waals surface area contributed by atoms with Crippen LogP contribution in [0.5, 0.6) is 5.75 Å². The highest BCUT2D eigenvalue weighted by Gasteiger charge is 2.31. The van der Waals surface area contributed by atoms with Crippen molar-refractivity contribution >= 4 is 17.5 Å². The van der Waals surface area contributed by atoms with E-state index in [-0.39, 0.29) is 18.1 Å². The van der Waals surface area contributed by atoms with Crippen molar-refractivity contribution < 1.29 is 27.5 Å². The van der Waals surface area contributed by atoms with E-state index in [2.05, 4.69) is 15.4 Å². The molecule has 4 aromatic rings. The van der Waals surface area contributed by atoms with Crippen LogP contribution in [0.4, 0.5) is 18.9 Å². The molecule has 11 heteroatoms. The van der Waals surface area contributed by atoms with Gasteiger partial charge >= 0.3 is 6.18 Å². The number of pyridine rings is 1. The fraction of sp³-hybridized carbons (Fsp3) is 0.185. The predicted molar refractivity (Wildman–Crippen MR) is 135 cm³/mol. The number of aromatic nitrogens is 3. The third kappa shape index (κ3) is 6.00. The third-order valence-corrected chi connectivity index (χ3v) is 5.69. The summed E-state index contributed by atoms with van der Waals surface area (Å²) < 4.78 is 46.4. The van der Waals surface area contributed by atoms with Crippen LogP contribution in [0, 0.1) is 6.92 Å². The van der Waals surface area contributed by atoms with Crippen LogP contribution < -0.4 is 10.1 Å². The number of alkyl halides is 3. The Kier molecular flexibility index (Phi) is 7.47. The molecule has 0 aliphatic heterocycles. The van der Waals surface area contributed by atoms with Crippen molar-refractivity contribution in [2.45, 2.75) is 13.1 Å². The van der Waals surface area contributed by atoms with Crippen molar-refractivity contribution in [3.63, 3.8) is 0 Å². The number of halogens is 3. The molecule has 196 valence electrons. The van der Waals surface area contributed by atoms with Gasteiger partial charge in [-0.25, -0.2) is 4.68 Å². The normalized spacial score (nSPS) is 11.2. The van der Waals surface area contributed by atoms with Crippen LogP contribution in [0.1, 0.15) is 21.5 Å². The summed E-state index contributed by atoms with van der Waals surface area (Å²) in [7, 11) is 3.28. The lowest BCUT2D eigenvalue weighted by Gasteiger charge is -2.13. The molecule has 38 heavy (non-hydrogen) atoms. The summed E-state index contributed by atoms with van der Waals surface area (Å²) in [6.45, 7) is 1.73. The number of nitrogens with zero attached hydrogens (tertiary/aromatic N) is 4. The van der Waals surface area contributed by atoms with Crippen molar-refractivity contribution in [3.05, 3.63) is 90.0 Å². The molecule has 0 aliphatic carbocycles. The molecule has 2 heterocycles. The summed E-state index contributed by atoms with van der Waals surface area (Å²) in [4.78, 5) is 30.2. The maximum absolute atomic E-state index is 13.0. The minimum absolute atomic E-state index is 0.111. The smallest absolute Gasteiger partial charge is 0.416 e. The van der Waals surface area contributed by atoms with E-state index in [9.17, 15) is 22.8 Å². The number of hydrogen-bond acceptors (Lipinski definition) is 5. The Labute approximate surface area is 216 Å². The van der Waals surface area contributed by atoms with Gasteiger partial charge in [0.2, 0.25) is 0 Å². The third-order valence-electron chi connectivity index (χ3n) is 5.69. The maximum atomic E-state index is 13.0. The standard InChI is InChI=1S/C27H24F3N5O3/c1-17-7-8-21(33-26(37)18-5-4-6-20(11-18)27(28,29)30)12-23(17)35-15-19(13-32-35)22-14-31-10-9-24(22)38-16-25(36)34(2)3/h4-15H,16H2,1-3H3,(H,33,37). The Morgan fingerprint density at radius 1 is 1.08 bits per heavy atom. The molecule has 2 amide bonds. The topological polar surface area (TPSA) is 89.3 Å². The van der Waals surface area contributed by atoms with E-state index < -0.39 is 17.6 Å². The average Bonchev–Trinajstić information content (AvgIpc) is 3.38. The van der Waals surface area contributed by atoms with Gasteiger partial charge in [0.15, 0.2) is 6.61 Å². The van der Waals surface area contributed by atoms with Crippen LogP contribution >= 0.6 is 0 Å². The molecule has 2 aromatic carbocycles. The first-order valence-corrected chi connectivity index (χ1v) is 11.4. The zero-order chi connectivity index (χ0) is 27.4. The average molecular weight is 524 g/mol. The second-order valence-electron chi connectivity index (χ2n) is 8.66. The van der Waals surface area contributed by atoms with E-state index in [4.69, 9.17) is 4.74 Å². The van der Waals surface area contributed by atoms with Crippen LogP contribution in [0.15, 0.2) is 73.3 Å². The van der Waals surface area contributed by atoms with Gasteiger partial charge in [0, 0.05) is 55.1 Å². The number of benzene rings is 2. The highest BCUT2D eigenvalue weighted by Crippen LogP contribution is 2.31. The first-order chi connectivity index (χ1) is 18.0. The monoisotopic (exact) mass is 523 g/mol. The molecular weight excluding hydrogens is 499 g/mol. The summed E-state index contributed by atoms with van der Waals surface area (Å²) in [5.74, 6) is -0.395. The molecular formula is C27H24F3N5O3. The van der Waals surface area contributed by atoms with E-state index in [1.807, 2.05) is 6.92 Å². The first-order valence-electron chi connectivity index (χ1n) is 11.4. The van der Waals surface area contributed by atoms with E-state index >= 15 is 0 Å². The summed E-state index contributed by atoms with van der Waals surface area (Å²) in [6.07, 6.45) is 1.98. The van der Waals surface area contributed by atoms with E-state index in [0.717, 1.165) is 17.7 Å². The number of nitrogens with one attached hydrogen (secondary N) is 1. The van der Waals surface area contributed by atoms with Gasteiger partial charge in [0.05, 0.1) is 17.4 Å². The quantitative estimate of drug-likeness (QED) is 0.369. The van der Waals surface area contributed by atoms with Crippen LogP contribution in [0.25, 0.3) is 16.8 Å². The number of rotatable bonds is 7. The Bertz CT molecular complexity index is 1480. The van der Waals surface area contributed by atoms with E-state index in [1.165, 1.54) is 17.0 Å². The lowest BCUT2D eigenvalue weighted by atomic mass is 10.1. The van der Waals surface area contributed by atoms with Gasteiger partial charge < -0.3 is 15.0 Å². The molecule has 4 rings (SSSR count). The van der Waals surface area contributed by atoms with Gasteiger partial charge in [-0.15, -0.1) is 0 Å². The van der Waals surface area contributed by atoms with Gasteiger partial charge in [0.25, 0.3) is 11.8 Å². The second kappa shape index (κ2) is 10.8. The molecule has 0 bridgehead atoms. The zero-order valence-corrected chi connectivity index (χ0v) is 20.8. The number of likely N-dealkylation sites (N-methyl/N-ethyl adjacent to an activating group) is 1. The van der Waals surface area contributed by atoms with Crippen molar-refractivity contribution in [3.8, 4) is 22.6 Å². The lowest BCUT2D eigenvalue weighted by molar-refractivity contribution is -0.137. The molecule has 0 aliphatic rings. The van der Waals surface area contributed by atoms with Crippen LogP contribution in [-0.4, -0.2) is 52.2 Å². The molecule has 1 N–H and O–H groups in total. The maximum Gasteiger partial charge on any atom is 0.416 e. The number of carbonyl (C=O) groups is 2. The van der Waals surface area contributed by atoms with Gasteiger partial charge in [-0.3, -0.25) is 14.6 Å². The SMILES string of the molecule is Cc1ccc(NC(=O)c2cccc(C(F)(F)F)c2)cc1-n1cc(-c2cnccc2OCC(=O)N(C)C)cn1. The molecule has 0 saturated heterocycles. The molecule has 0 radical (unpaired) electrons. The van der Waals surface area contributed by atoms with Crippen molar-refractivity contribution in [2.24, 2.45) is 0 Å². The molecule has 0 fully saturated rings. The first kappa shape index (κ1) is 26.4. The van der Waals surface area contributed by atoms with Crippen molar-refractivity contribution in [1.29, 1.82) is 0 Å². The summed E-state index contributed by atoms with van der Waals surface area (Å²) >= 11 is 0. The van der Waals surface area contributed by atoms with Gasteiger partial charge in [-0.2, -0.15) is 18.3 Å². The largest absolute Gasteiger partial charge is 0.483 e. The fourth-order valence-electron chi connectivity index (χ4n) is 3.56. The molecule has 0 unspecified atom stereocenters. The zero-order valence-electron chi connectivity index (χ0n) is 20.8. The van der Waals surface area contributed by atoms with Gasteiger partial charge in [0.1, 0.15) is 5.75 Å². The number of amides is 2. The molecule has 8 nitrogen and oxygen atoms in total.